The molecule has 0 amide bonds. The van der Waals surface area contributed by atoms with E-state index < -0.39 is 12.1 Å². The highest BCUT2D eigenvalue weighted by Crippen LogP contribution is 2.30. The molecule has 88 valence electrons. The molecule has 0 unspecified atom stereocenters. The van der Waals surface area contributed by atoms with Gasteiger partial charge in [-0.25, -0.2) is 0 Å². The molecule has 6 heteroatoms. The Labute approximate surface area is 95.0 Å². The Morgan fingerprint density at radius 2 is 2.06 bits per heavy atom. The molecule has 1 aromatic rings. The molecule has 0 fully saturated rings. The minimum absolute atomic E-state index is 0.124. The van der Waals surface area contributed by atoms with Crippen LogP contribution in [0.4, 0.5) is 13.2 Å². The van der Waals surface area contributed by atoms with Crippen molar-refractivity contribution in [2.24, 2.45) is 0 Å². The average Bonchev–Trinajstić information content (AvgIpc) is 2.17. The van der Waals surface area contributed by atoms with Crippen LogP contribution in [0, 0.1) is 0 Å². The van der Waals surface area contributed by atoms with Gasteiger partial charge in [0, 0.05) is 6.42 Å². The fourth-order valence-corrected chi connectivity index (χ4v) is 1.37. The van der Waals surface area contributed by atoms with Crippen LogP contribution in [0.1, 0.15) is 12.0 Å². The first-order valence-corrected chi connectivity index (χ1v) is 4.78. The molecule has 0 aromatic heterocycles. The van der Waals surface area contributed by atoms with Crippen LogP contribution in [-0.2, 0) is 11.2 Å². The number of aryl methyl sites for hydroxylation is 1. The van der Waals surface area contributed by atoms with Crippen LogP contribution in [0.3, 0.4) is 0 Å². The average molecular weight is 253 g/mol. The third-order valence-corrected chi connectivity index (χ3v) is 2.07. The van der Waals surface area contributed by atoms with E-state index in [4.69, 9.17) is 11.6 Å². The van der Waals surface area contributed by atoms with Gasteiger partial charge in [0.1, 0.15) is 12.0 Å². The molecular weight excluding hydrogens is 245 g/mol. The minimum atomic E-state index is -4.76. The normalized spacial score (nSPS) is 11.2. The summed E-state index contributed by atoms with van der Waals surface area (Å²) in [5.74, 6) is -0.441. The van der Waals surface area contributed by atoms with E-state index in [2.05, 4.69) is 4.74 Å². The maximum Gasteiger partial charge on any atom is 0.573 e. The first-order valence-electron chi connectivity index (χ1n) is 4.40. The summed E-state index contributed by atoms with van der Waals surface area (Å²) in [7, 11) is 0. The minimum Gasteiger partial charge on any atom is -0.404 e. The molecule has 0 N–H and O–H groups in total. The summed E-state index contributed by atoms with van der Waals surface area (Å²) in [6.45, 7) is 0. The van der Waals surface area contributed by atoms with Crippen molar-refractivity contribution in [1.82, 2.24) is 0 Å². The first-order chi connectivity index (χ1) is 7.42. The highest BCUT2D eigenvalue weighted by Gasteiger charge is 2.31. The molecule has 0 aliphatic carbocycles. The summed E-state index contributed by atoms with van der Waals surface area (Å²) in [5, 5.41) is -0.124. The fourth-order valence-electron chi connectivity index (χ4n) is 1.13. The van der Waals surface area contributed by atoms with Gasteiger partial charge in [0.15, 0.2) is 0 Å². The third-order valence-electron chi connectivity index (χ3n) is 1.77. The van der Waals surface area contributed by atoms with Crippen molar-refractivity contribution in [1.29, 1.82) is 0 Å². The molecule has 0 aliphatic rings. The first kappa shape index (κ1) is 12.8. The lowest BCUT2D eigenvalue weighted by molar-refractivity contribution is -0.274. The topological polar surface area (TPSA) is 26.3 Å². The van der Waals surface area contributed by atoms with Crippen molar-refractivity contribution in [3.05, 3.63) is 28.8 Å². The Kier molecular flexibility index (Phi) is 4.18. The number of benzene rings is 1. The molecule has 0 atom stereocenters. The predicted molar refractivity (Wildman–Crippen MR) is 52.5 cm³/mol. The second-order valence-corrected chi connectivity index (χ2v) is 3.43. The summed E-state index contributed by atoms with van der Waals surface area (Å²) >= 11 is 5.60. The second-order valence-electron chi connectivity index (χ2n) is 3.02. The highest BCUT2D eigenvalue weighted by molar-refractivity contribution is 6.32. The van der Waals surface area contributed by atoms with Crippen molar-refractivity contribution >= 4 is 17.9 Å². The Balaban J connectivity index is 2.79. The molecule has 1 aromatic carbocycles. The number of rotatable bonds is 4. The summed E-state index contributed by atoms with van der Waals surface area (Å²) < 4.78 is 39.4. The number of halogens is 4. The lowest BCUT2D eigenvalue weighted by Gasteiger charge is -2.10. The molecule has 0 aliphatic heterocycles. The van der Waals surface area contributed by atoms with Crippen LogP contribution in [0.2, 0.25) is 5.02 Å². The SMILES string of the molecule is O=CCCc1ccc(OC(F)(F)F)c(Cl)c1. The van der Waals surface area contributed by atoms with Crippen LogP contribution in [0.25, 0.3) is 0 Å². The monoisotopic (exact) mass is 252 g/mol. The second kappa shape index (κ2) is 5.21. The standard InChI is InChI=1S/C10H8ClF3O2/c11-8-6-7(2-1-5-15)3-4-9(8)16-10(12,13)14/h3-6H,1-2H2. The van der Waals surface area contributed by atoms with Gasteiger partial charge in [-0.15, -0.1) is 13.2 Å². The van der Waals surface area contributed by atoms with Gasteiger partial charge in [-0.3, -0.25) is 0 Å². The van der Waals surface area contributed by atoms with Crippen molar-refractivity contribution in [3.8, 4) is 5.75 Å². The number of ether oxygens (including phenoxy) is 1. The summed E-state index contributed by atoms with van der Waals surface area (Å²) in [6.07, 6.45) is -3.28. The van der Waals surface area contributed by atoms with Gasteiger partial charge in [0.05, 0.1) is 5.02 Å². The van der Waals surface area contributed by atoms with Gasteiger partial charge < -0.3 is 9.53 Å². The van der Waals surface area contributed by atoms with Gasteiger partial charge in [-0.2, -0.15) is 0 Å². The molecule has 0 heterocycles. The molecule has 0 bridgehead atoms. The number of alkyl halides is 3. The van der Waals surface area contributed by atoms with E-state index in [0.29, 0.717) is 18.4 Å². The lowest BCUT2D eigenvalue weighted by atomic mass is 10.1. The largest absolute Gasteiger partial charge is 0.573 e. The number of hydrogen-bond acceptors (Lipinski definition) is 2. The van der Waals surface area contributed by atoms with Crippen molar-refractivity contribution in [2.45, 2.75) is 19.2 Å². The number of aldehydes is 1. The van der Waals surface area contributed by atoms with E-state index in [1.807, 2.05) is 0 Å². The van der Waals surface area contributed by atoms with Gasteiger partial charge in [-0.1, -0.05) is 17.7 Å². The zero-order chi connectivity index (χ0) is 12.2. The van der Waals surface area contributed by atoms with E-state index in [0.717, 1.165) is 12.4 Å². The zero-order valence-electron chi connectivity index (χ0n) is 8.05. The zero-order valence-corrected chi connectivity index (χ0v) is 8.81. The van der Waals surface area contributed by atoms with Crippen LogP contribution in [0.5, 0.6) is 5.75 Å². The quantitative estimate of drug-likeness (QED) is 0.768. The summed E-state index contributed by atoms with van der Waals surface area (Å²) in [5.41, 5.74) is 0.687. The van der Waals surface area contributed by atoms with Gasteiger partial charge in [-0.05, 0) is 24.1 Å². The Bertz CT molecular complexity index is 377. The maximum absolute atomic E-state index is 11.9. The van der Waals surface area contributed by atoms with E-state index in [1.54, 1.807) is 0 Å². The van der Waals surface area contributed by atoms with E-state index in [9.17, 15) is 18.0 Å². The van der Waals surface area contributed by atoms with Gasteiger partial charge in [0.2, 0.25) is 0 Å². The van der Waals surface area contributed by atoms with Gasteiger partial charge >= 0.3 is 6.36 Å². The van der Waals surface area contributed by atoms with Gasteiger partial charge in [0.25, 0.3) is 0 Å². The Morgan fingerprint density at radius 1 is 1.38 bits per heavy atom. The van der Waals surface area contributed by atoms with Crippen molar-refractivity contribution < 1.29 is 22.7 Å². The van der Waals surface area contributed by atoms with Crippen LogP contribution < -0.4 is 4.74 Å². The smallest absolute Gasteiger partial charge is 0.404 e. The van der Waals surface area contributed by atoms with E-state index >= 15 is 0 Å². The van der Waals surface area contributed by atoms with E-state index in [-0.39, 0.29) is 5.02 Å². The van der Waals surface area contributed by atoms with E-state index in [1.165, 1.54) is 12.1 Å². The molecule has 16 heavy (non-hydrogen) atoms. The number of hydrogen-bond donors (Lipinski definition) is 0. The predicted octanol–water partition coefficient (Wildman–Crippen LogP) is 3.37. The number of carbonyl (C=O) groups excluding carboxylic acids is 1. The maximum atomic E-state index is 11.9. The third kappa shape index (κ3) is 4.10. The van der Waals surface area contributed by atoms with Crippen LogP contribution >= 0.6 is 11.6 Å². The molecule has 0 radical (unpaired) electrons. The van der Waals surface area contributed by atoms with Crippen LogP contribution in [0.15, 0.2) is 18.2 Å². The lowest BCUT2D eigenvalue weighted by Crippen LogP contribution is -2.17. The molecule has 0 spiro atoms. The molecule has 2 nitrogen and oxygen atoms in total. The highest BCUT2D eigenvalue weighted by atomic mass is 35.5. The summed E-state index contributed by atoms with van der Waals surface area (Å²) in [4.78, 5) is 10.1. The number of carbonyl (C=O) groups is 1. The fraction of sp³-hybridized carbons (Fsp3) is 0.300. The van der Waals surface area contributed by atoms with Crippen molar-refractivity contribution in [2.75, 3.05) is 0 Å². The Hall–Kier alpha value is -1.23. The molecule has 0 saturated carbocycles. The van der Waals surface area contributed by atoms with Crippen molar-refractivity contribution in [3.63, 3.8) is 0 Å². The molecule has 0 saturated heterocycles. The molecular formula is C10H8ClF3O2. The molecule has 1 rings (SSSR count). The Morgan fingerprint density at radius 3 is 2.56 bits per heavy atom. The summed E-state index contributed by atoms with van der Waals surface area (Å²) in [6, 6.07) is 3.93. The van der Waals surface area contributed by atoms with Crippen LogP contribution in [-0.4, -0.2) is 12.6 Å².